The van der Waals surface area contributed by atoms with Gasteiger partial charge in [-0.2, -0.15) is 4.98 Å². The molecule has 1 aromatic rings. The topological polar surface area (TPSA) is 47.0 Å². The minimum Gasteiger partial charge on any atom is -0.381 e. The third-order valence-electron chi connectivity index (χ3n) is 3.05. The molecule has 1 aliphatic heterocycles. The summed E-state index contributed by atoms with van der Waals surface area (Å²) in [5.74, 6) is 1.37. The number of rotatable bonds is 3. The van der Waals surface area contributed by atoms with Crippen molar-refractivity contribution in [3.8, 4) is 0 Å². The Morgan fingerprint density at radius 1 is 1.53 bits per heavy atom. The van der Waals surface area contributed by atoms with Gasteiger partial charge in [0.05, 0.1) is 4.47 Å². The van der Waals surface area contributed by atoms with E-state index in [1.54, 1.807) is 6.20 Å². The summed E-state index contributed by atoms with van der Waals surface area (Å²) < 4.78 is 6.19. The molecule has 0 spiro atoms. The fourth-order valence-electron chi connectivity index (χ4n) is 2.00. The molecule has 0 aliphatic carbocycles. The number of halogens is 2. The summed E-state index contributed by atoms with van der Waals surface area (Å²) in [6.07, 6.45) is 3.84. The molecule has 6 heteroatoms. The number of nitrogens with zero attached hydrogens (tertiary/aromatic N) is 2. The smallest absolute Gasteiger partial charge is 0.224 e. The predicted octanol–water partition coefficient (Wildman–Crippen LogP) is 3.12. The summed E-state index contributed by atoms with van der Waals surface area (Å²) in [5.41, 5.74) is 0. The lowest BCUT2D eigenvalue weighted by Crippen LogP contribution is -2.31. The van der Waals surface area contributed by atoms with Crippen LogP contribution < -0.4 is 5.32 Å². The predicted molar refractivity (Wildman–Crippen MR) is 71.4 cm³/mol. The van der Waals surface area contributed by atoms with E-state index >= 15 is 0 Å². The van der Waals surface area contributed by atoms with Gasteiger partial charge in [-0.15, -0.1) is 0 Å². The van der Waals surface area contributed by atoms with E-state index < -0.39 is 0 Å². The van der Waals surface area contributed by atoms with Gasteiger partial charge in [0, 0.05) is 25.5 Å². The van der Waals surface area contributed by atoms with Gasteiger partial charge in [0.1, 0.15) is 5.82 Å². The molecule has 0 saturated carbocycles. The fourth-order valence-corrected chi connectivity index (χ4v) is 2.43. The van der Waals surface area contributed by atoms with Crippen molar-refractivity contribution in [3.63, 3.8) is 0 Å². The van der Waals surface area contributed by atoms with E-state index in [0.29, 0.717) is 12.0 Å². The third-order valence-corrected chi connectivity index (χ3v) is 3.81. The number of nitrogens with one attached hydrogen (secondary N) is 1. The minimum atomic E-state index is 0.259. The summed E-state index contributed by atoms with van der Waals surface area (Å²) in [4.78, 5) is 8.08. The van der Waals surface area contributed by atoms with E-state index in [4.69, 9.17) is 16.3 Å². The fraction of sp³-hybridized carbons (Fsp3) is 0.636. The van der Waals surface area contributed by atoms with Crippen LogP contribution in [0.2, 0.25) is 5.28 Å². The van der Waals surface area contributed by atoms with Gasteiger partial charge >= 0.3 is 0 Å². The van der Waals surface area contributed by atoms with E-state index in [1.165, 1.54) is 0 Å². The summed E-state index contributed by atoms with van der Waals surface area (Å²) >= 11 is 9.20. The molecule has 0 bridgehead atoms. The van der Waals surface area contributed by atoms with E-state index in [0.717, 1.165) is 36.3 Å². The monoisotopic (exact) mass is 319 g/mol. The van der Waals surface area contributed by atoms with Gasteiger partial charge in [-0.3, -0.25) is 0 Å². The molecule has 1 N–H and O–H groups in total. The summed E-state index contributed by atoms with van der Waals surface area (Å²) in [7, 11) is 0. The summed E-state index contributed by atoms with van der Waals surface area (Å²) in [6.45, 7) is 3.86. The molecule has 0 radical (unpaired) electrons. The molecule has 2 rings (SSSR count). The molecule has 1 atom stereocenters. The highest BCUT2D eigenvalue weighted by molar-refractivity contribution is 9.10. The lowest BCUT2D eigenvalue weighted by molar-refractivity contribution is 0.0622. The normalized spacial score (nSPS) is 19.0. The van der Waals surface area contributed by atoms with Crippen molar-refractivity contribution in [3.05, 3.63) is 16.0 Å². The third kappa shape index (κ3) is 3.53. The number of aromatic nitrogens is 2. The number of anilines is 1. The van der Waals surface area contributed by atoms with Gasteiger partial charge < -0.3 is 10.1 Å². The first kappa shape index (κ1) is 13.1. The van der Waals surface area contributed by atoms with Crippen molar-refractivity contribution in [1.29, 1.82) is 0 Å². The first-order chi connectivity index (χ1) is 8.16. The van der Waals surface area contributed by atoms with Crippen molar-refractivity contribution in [2.75, 3.05) is 18.5 Å². The number of hydrogen-bond acceptors (Lipinski definition) is 4. The van der Waals surface area contributed by atoms with E-state index in [-0.39, 0.29) is 5.28 Å². The van der Waals surface area contributed by atoms with Gasteiger partial charge in [0.25, 0.3) is 0 Å². The molecule has 1 saturated heterocycles. The number of hydrogen-bond donors (Lipinski definition) is 1. The minimum absolute atomic E-state index is 0.259. The van der Waals surface area contributed by atoms with Gasteiger partial charge in [0.15, 0.2) is 0 Å². The molecule has 1 aromatic heterocycles. The molecular formula is C11H15BrClN3O. The molecule has 17 heavy (non-hydrogen) atoms. The van der Waals surface area contributed by atoms with Gasteiger partial charge in [0.2, 0.25) is 5.28 Å². The number of ether oxygens (including phenoxy) is 1. The Morgan fingerprint density at radius 2 is 2.24 bits per heavy atom. The molecule has 1 fully saturated rings. The molecule has 4 nitrogen and oxygen atoms in total. The Labute approximate surface area is 114 Å². The van der Waals surface area contributed by atoms with Crippen LogP contribution in [0, 0.1) is 5.92 Å². The average Bonchev–Trinajstić information content (AvgIpc) is 2.35. The average molecular weight is 321 g/mol. The molecule has 0 unspecified atom stereocenters. The first-order valence-electron chi connectivity index (χ1n) is 5.69. The Bertz CT molecular complexity index is 385. The SMILES string of the molecule is C[C@H](Nc1nc(Cl)ncc1Br)C1CCOCC1. The zero-order valence-electron chi connectivity index (χ0n) is 9.62. The van der Waals surface area contributed by atoms with Crippen molar-refractivity contribution < 1.29 is 4.74 Å². The van der Waals surface area contributed by atoms with E-state index in [2.05, 4.69) is 38.1 Å². The van der Waals surface area contributed by atoms with E-state index in [1.807, 2.05) is 0 Å². The molecule has 94 valence electrons. The highest BCUT2D eigenvalue weighted by Gasteiger charge is 2.21. The Hall–Kier alpha value is -0.390. The molecule has 0 amide bonds. The van der Waals surface area contributed by atoms with Gasteiger partial charge in [-0.25, -0.2) is 4.98 Å². The van der Waals surface area contributed by atoms with Crippen molar-refractivity contribution in [2.45, 2.75) is 25.8 Å². The molecule has 1 aliphatic rings. The maximum absolute atomic E-state index is 5.78. The van der Waals surface area contributed by atoms with Crippen LogP contribution in [0.5, 0.6) is 0 Å². The summed E-state index contributed by atoms with van der Waals surface area (Å²) in [5, 5.41) is 3.64. The van der Waals surface area contributed by atoms with Crippen molar-refractivity contribution in [2.24, 2.45) is 5.92 Å². The highest BCUT2D eigenvalue weighted by Crippen LogP contribution is 2.25. The van der Waals surface area contributed by atoms with Crippen LogP contribution in [0.3, 0.4) is 0 Å². The van der Waals surface area contributed by atoms with Crippen LogP contribution in [0.25, 0.3) is 0 Å². The standard InChI is InChI=1S/C11H15BrClN3O/c1-7(8-2-4-17-5-3-8)15-10-9(12)6-14-11(13)16-10/h6-8H,2-5H2,1H3,(H,14,15,16)/t7-/m0/s1. The Kier molecular flexibility index (Phi) is 4.59. The Balaban J connectivity index is 2.01. The second kappa shape index (κ2) is 5.98. The van der Waals surface area contributed by atoms with Gasteiger partial charge in [-0.05, 0) is 53.2 Å². The van der Waals surface area contributed by atoms with Crippen LogP contribution in [0.1, 0.15) is 19.8 Å². The van der Waals surface area contributed by atoms with Crippen molar-refractivity contribution >= 4 is 33.3 Å². The highest BCUT2D eigenvalue weighted by atomic mass is 79.9. The molecular weight excluding hydrogens is 305 g/mol. The second-order valence-corrected chi connectivity index (χ2v) is 5.41. The zero-order chi connectivity index (χ0) is 12.3. The molecule has 2 heterocycles. The quantitative estimate of drug-likeness (QED) is 0.869. The lowest BCUT2D eigenvalue weighted by Gasteiger charge is -2.28. The van der Waals surface area contributed by atoms with Crippen molar-refractivity contribution in [1.82, 2.24) is 9.97 Å². The van der Waals surface area contributed by atoms with E-state index in [9.17, 15) is 0 Å². The van der Waals surface area contributed by atoms with Crippen LogP contribution in [0.4, 0.5) is 5.82 Å². The zero-order valence-corrected chi connectivity index (χ0v) is 12.0. The van der Waals surface area contributed by atoms with Crippen LogP contribution in [-0.4, -0.2) is 29.2 Å². The first-order valence-corrected chi connectivity index (χ1v) is 6.86. The maximum atomic E-state index is 5.78. The second-order valence-electron chi connectivity index (χ2n) is 4.22. The summed E-state index contributed by atoms with van der Waals surface area (Å²) in [6, 6.07) is 0.348. The molecule has 0 aromatic carbocycles. The van der Waals surface area contributed by atoms with Gasteiger partial charge in [-0.1, -0.05) is 0 Å². The lowest BCUT2D eigenvalue weighted by atomic mass is 9.93. The largest absolute Gasteiger partial charge is 0.381 e. The van der Waals surface area contributed by atoms with Crippen LogP contribution >= 0.6 is 27.5 Å². The maximum Gasteiger partial charge on any atom is 0.224 e. The van der Waals surface area contributed by atoms with Crippen LogP contribution in [0.15, 0.2) is 10.7 Å². The Morgan fingerprint density at radius 3 is 2.94 bits per heavy atom. The van der Waals surface area contributed by atoms with Crippen LogP contribution in [-0.2, 0) is 4.74 Å².